The largest absolute Gasteiger partial charge is 0.479 e. The molecule has 0 saturated carbocycles. The van der Waals surface area contributed by atoms with Crippen LogP contribution in [0.15, 0.2) is 66.7 Å². The average Bonchev–Trinajstić information content (AvgIpc) is 3.21. The highest BCUT2D eigenvalue weighted by atomic mass is 35.5. The van der Waals surface area contributed by atoms with Crippen molar-refractivity contribution in [3.05, 3.63) is 93.6 Å². The zero-order chi connectivity index (χ0) is 23.7. The Balaban J connectivity index is 1.54. The lowest BCUT2D eigenvalue weighted by Crippen LogP contribution is -2.42. The van der Waals surface area contributed by atoms with Gasteiger partial charge in [0.2, 0.25) is 0 Å². The van der Waals surface area contributed by atoms with Crippen molar-refractivity contribution in [1.82, 2.24) is 9.88 Å². The molecule has 0 spiro atoms. The van der Waals surface area contributed by atoms with E-state index in [1.807, 2.05) is 36.4 Å². The number of nitrogens with zero attached hydrogens (tertiary/aromatic N) is 2. The first-order valence-corrected chi connectivity index (χ1v) is 11.4. The van der Waals surface area contributed by atoms with Gasteiger partial charge in [0.1, 0.15) is 23.6 Å². The summed E-state index contributed by atoms with van der Waals surface area (Å²) in [7, 11) is 0. The fraction of sp³-hybridized carbons (Fsp3) is 0.154. The van der Waals surface area contributed by atoms with Gasteiger partial charge in [0.15, 0.2) is 6.61 Å². The predicted molar refractivity (Wildman–Crippen MR) is 131 cm³/mol. The van der Waals surface area contributed by atoms with E-state index in [0.29, 0.717) is 34.5 Å². The van der Waals surface area contributed by atoms with Gasteiger partial charge in [-0.15, -0.1) is 0 Å². The summed E-state index contributed by atoms with van der Waals surface area (Å²) in [4.78, 5) is 18.5. The van der Waals surface area contributed by atoms with Crippen LogP contribution in [0.5, 0.6) is 11.5 Å². The van der Waals surface area contributed by atoms with Crippen molar-refractivity contribution in [3.8, 4) is 17.6 Å². The van der Waals surface area contributed by atoms with Gasteiger partial charge >= 0.3 is 6.09 Å². The van der Waals surface area contributed by atoms with Crippen LogP contribution in [-0.2, 0) is 6.42 Å². The molecular weight excluding hydrogens is 473 g/mol. The van der Waals surface area contributed by atoms with Crippen molar-refractivity contribution in [1.29, 1.82) is 5.26 Å². The lowest BCUT2D eigenvalue weighted by molar-refractivity contribution is 0.135. The van der Waals surface area contributed by atoms with Crippen LogP contribution in [-0.4, -0.2) is 29.1 Å². The first-order valence-electron chi connectivity index (χ1n) is 10.7. The van der Waals surface area contributed by atoms with Crippen LogP contribution in [0.25, 0.3) is 10.9 Å². The molecule has 3 aromatic carbocycles. The number of ether oxygens (including phenoxy) is 2. The Kier molecular flexibility index (Phi) is 6.06. The van der Waals surface area contributed by atoms with Crippen LogP contribution in [0.2, 0.25) is 10.0 Å². The van der Waals surface area contributed by atoms with Crippen molar-refractivity contribution >= 4 is 40.2 Å². The number of nitrogens with one attached hydrogen (secondary N) is 1. The summed E-state index contributed by atoms with van der Waals surface area (Å²) < 4.78 is 11.1. The summed E-state index contributed by atoms with van der Waals surface area (Å²) in [5.41, 5.74) is 3.89. The molecule has 4 aromatic rings. The number of halogens is 2. The molecule has 34 heavy (non-hydrogen) atoms. The van der Waals surface area contributed by atoms with Gasteiger partial charge in [-0.2, -0.15) is 5.26 Å². The van der Waals surface area contributed by atoms with E-state index < -0.39 is 12.1 Å². The standard InChI is InChI=1S/C26H19Cl2N3O3/c27-17-3-8-20(9-4-17)34-26(32)31-13-11-21-22-15-18(28)5-10-23(22)30-24(21)25(31)16-1-6-19(7-2-16)33-14-12-29/h1-10,15,25,30H,11,13-14H2/t25-/m0/s1. The third-order valence-electron chi connectivity index (χ3n) is 5.84. The molecule has 6 nitrogen and oxygen atoms in total. The van der Waals surface area contributed by atoms with Crippen LogP contribution in [0.3, 0.4) is 0 Å². The lowest BCUT2D eigenvalue weighted by atomic mass is 9.92. The molecule has 1 aliphatic rings. The highest BCUT2D eigenvalue weighted by molar-refractivity contribution is 6.31. The van der Waals surface area contributed by atoms with E-state index in [0.717, 1.165) is 27.7 Å². The fourth-order valence-corrected chi connectivity index (χ4v) is 4.63. The van der Waals surface area contributed by atoms with Crippen LogP contribution in [0, 0.1) is 11.3 Å². The SMILES string of the molecule is N#CCOc1ccc([C@H]2c3[nH]c4ccc(Cl)cc4c3CCN2C(=O)Oc2ccc(Cl)cc2)cc1. The van der Waals surface area contributed by atoms with Crippen molar-refractivity contribution in [2.24, 2.45) is 0 Å². The van der Waals surface area contributed by atoms with E-state index in [4.69, 9.17) is 37.9 Å². The van der Waals surface area contributed by atoms with Gasteiger partial charge in [0.05, 0.1) is 0 Å². The minimum absolute atomic E-state index is 0.0325. The normalized spacial score (nSPS) is 15.0. The quantitative estimate of drug-likeness (QED) is 0.352. The summed E-state index contributed by atoms with van der Waals surface area (Å²) in [5, 5.41) is 11.0. The van der Waals surface area contributed by atoms with E-state index >= 15 is 0 Å². The Morgan fingerprint density at radius 1 is 1.03 bits per heavy atom. The van der Waals surface area contributed by atoms with Crippen LogP contribution >= 0.6 is 23.2 Å². The van der Waals surface area contributed by atoms with E-state index in [-0.39, 0.29) is 6.61 Å². The maximum Gasteiger partial charge on any atom is 0.416 e. The number of benzene rings is 3. The molecule has 1 aromatic heterocycles. The number of rotatable bonds is 4. The second-order valence-electron chi connectivity index (χ2n) is 7.89. The second kappa shape index (κ2) is 9.30. The van der Waals surface area contributed by atoms with E-state index in [1.165, 1.54) is 0 Å². The molecule has 0 unspecified atom stereocenters. The third kappa shape index (κ3) is 4.28. The maximum atomic E-state index is 13.3. The molecule has 0 saturated heterocycles. The summed E-state index contributed by atoms with van der Waals surface area (Å²) in [6, 6.07) is 21.4. The van der Waals surface area contributed by atoms with Crippen molar-refractivity contribution in [2.75, 3.05) is 13.2 Å². The number of aromatic nitrogens is 1. The van der Waals surface area contributed by atoms with Gasteiger partial charge in [-0.1, -0.05) is 35.3 Å². The van der Waals surface area contributed by atoms with Gasteiger partial charge in [-0.05, 0) is 72.1 Å². The Hall–Kier alpha value is -3.66. The van der Waals surface area contributed by atoms with E-state index in [2.05, 4.69) is 4.98 Å². The number of aromatic amines is 1. The average molecular weight is 492 g/mol. The molecule has 1 amide bonds. The fourth-order valence-electron chi connectivity index (χ4n) is 4.33. The molecule has 1 atom stereocenters. The summed E-state index contributed by atoms with van der Waals surface area (Å²) in [6.45, 7) is 0.436. The number of H-pyrrole nitrogens is 1. The van der Waals surface area contributed by atoms with Crippen molar-refractivity contribution < 1.29 is 14.3 Å². The minimum atomic E-state index is -0.459. The molecule has 0 aliphatic carbocycles. The number of carbonyl (C=O) groups is 1. The Bertz CT molecular complexity index is 1390. The minimum Gasteiger partial charge on any atom is -0.479 e. The number of hydrogen-bond donors (Lipinski definition) is 1. The Morgan fingerprint density at radius 2 is 1.74 bits per heavy atom. The summed E-state index contributed by atoms with van der Waals surface area (Å²) in [5.74, 6) is 1.00. The number of carbonyl (C=O) groups excluding carboxylic acids is 1. The topological polar surface area (TPSA) is 78.4 Å². The van der Waals surface area contributed by atoms with Gasteiger partial charge in [-0.25, -0.2) is 4.79 Å². The first-order chi connectivity index (χ1) is 16.5. The molecule has 0 fully saturated rings. The van der Waals surface area contributed by atoms with Crippen LogP contribution in [0.1, 0.15) is 22.9 Å². The molecule has 2 heterocycles. The number of hydrogen-bond acceptors (Lipinski definition) is 4. The third-order valence-corrected chi connectivity index (χ3v) is 6.33. The highest BCUT2D eigenvalue weighted by Gasteiger charge is 2.35. The molecule has 0 radical (unpaired) electrons. The van der Waals surface area contributed by atoms with E-state index in [9.17, 15) is 4.79 Å². The van der Waals surface area contributed by atoms with Gasteiger partial charge < -0.3 is 14.5 Å². The van der Waals surface area contributed by atoms with Gasteiger partial charge in [-0.3, -0.25) is 4.90 Å². The smallest absolute Gasteiger partial charge is 0.416 e. The monoisotopic (exact) mass is 491 g/mol. The molecule has 5 rings (SSSR count). The van der Waals surface area contributed by atoms with Crippen LogP contribution in [0.4, 0.5) is 4.79 Å². The molecular formula is C26H19Cl2N3O3. The highest BCUT2D eigenvalue weighted by Crippen LogP contribution is 2.40. The zero-order valence-corrected chi connectivity index (χ0v) is 19.4. The lowest BCUT2D eigenvalue weighted by Gasteiger charge is -2.35. The molecule has 170 valence electrons. The van der Waals surface area contributed by atoms with Gasteiger partial charge in [0.25, 0.3) is 0 Å². The van der Waals surface area contributed by atoms with Crippen molar-refractivity contribution in [2.45, 2.75) is 12.5 Å². The van der Waals surface area contributed by atoms with Gasteiger partial charge in [0, 0.05) is 33.2 Å². The zero-order valence-electron chi connectivity index (χ0n) is 17.9. The molecule has 1 N–H and O–H groups in total. The number of amides is 1. The summed E-state index contributed by atoms with van der Waals surface area (Å²) in [6.07, 6.45) is 0.199. The van der Waals surface area contributed by atoms with Crippen molar-refractivity contribution in [3.63, 3.8) is 0 Å². The van der Waals surface area contributed by atoms with Crippen LogP contribution < -0.4 is 9.47 Å². The van der Waals surface area contributed by atoms with E-state index in [1.54, 1.807) is 41.3 Å². The first kappa shape index (κ1) is 22.1. The number of fused-ring (bicyclic) bond motifs is 3. The maximum absolute atomic E-state index is 13.3. The Labute approximate surface area is 206 Å². The summed E-state index contributed by atoms with van der Waals surface area (Å²) >= 11 is 12.2. The Morgan fingerprint density at radius 3 is 2.47 bits per heavy atom. The predicted octanol–water partition coefficient (Wildman–Crippen LogP) is 6.52. The molecule has 0 bridgehead atoms. The number of nitriles is 1. The molecule has 8 heteroatoms. The second-order valence-corrected chi connectivity index (χ2v) is 8.76. The molecule has 1 aliphatic heterocycles.